The average Bonchev–Trinajstić information content (AvgIpc) is 1.72. The molecule has 0 aliphatic rings. The summed E-state index contributed by atoms with van der Waals surface area (Å²) in [6.45, 7) is 0. The maximum atomic E-state index is 5.91. The van der Waals surface area contributed by atoms with E-state index in [0.717, 1.165) is 164 Å². The first kappa shape index (κ1) is 47.5. The van der Waals surface area contributed by atoms with Crippen LogP contribution < -0.4 is 0 Å². The number of thiazole rings is 1. The van der Waals surface area contributed by atoms with E-state index in [0.29, 0.717) is 0 Å². The second-order valence-electron chi connectivity index (χ2n) is 22.0. The normalized spacial score (nSPS) is 12.0. The molecule has 0 unspecified atom stereocenters. The van der Waals surface area contributed by atoms with E-state index in [2.05, 4.69) is 309 Å². The molecule has 0 saturated carbocycles. The zero-order chi connectivity index (χ0) is 55.7. The van der Waals surface area contributed by atoms with E-state index in [1.165, 1.54) is 0 Å². The topological polar surface area (TPSA) is 45.5 Å². The molecule has 0 aliphatic heterocycles. The summed E-state index contributed by atoms with van der Waals surface area (Å²) in [5.74, 6) is 0. The highest BCUT2D eigenvalue weighted by atomic mass is 32.1. The highest BCUT2D eigenvalue weighted by Gasteiger charge is 2.37. The molecule has 6 heterocycles. The van der Waals surface area contributed by atoms with Crippen LogP contribution in [0.5, 0.6) is 0 Å². The SMILES string of the molecule is c1ccc(-c2cc(-c3c(-n4c5ccccc5c5ccccc54)c(-c4nc5ccccc5s4)c(-n4c5ccccc5c5ccccc54)c(-n4c5ccccc5c5ccccc54)c3-n3c4ccccc4c4ccccc43)cc(-c3ccccc3)n2)cc1. The van der Waals surface area contributed by atoms with Gasteiger partial charge in [-0.05, 0) is 78.4 Å². The number of fused-ring (bicyclic) bond motifs is 13. The number of hydrogen-bond acceptors (Lipinski definition) is 3. The monoisotopic (exact) mass is 1100 g/mol. The van der Waals surface area contributed by atoms with Crippen LogP contribution in [0.25, 0.3) is 164 Å². The van der Waals surface area contributed by atoms with Crippen LogP contribution in [-0.2, 0) is 0 Å². The van der Waals surface area contributed by atoms with Crippen molar-refractivity contribution >= 4 is 109 Å². The van der Waals surface area contributed by atoms with E-state index in [1.807, 2.05) is 0 Å². The molecule has 0 radical (unpaired) electrons. The molecule has 0 aliphatic carbocycles. The van der Waals surface area contributed by atoms with Gasteiger partial charge in [0.15, 0.2) is 0 Å². The Morgan fingerprint density at radius 2 is 0.529 bits per heavy atom. The predicted molar refractivity (Wildman–Crippen MR) is 357 cm³/mol. The molecule has 0 amide bonds. The van der Waals surface area contributed by atoms with Crippen LogP contribution in [0.15, 0.2) is 291 Å². The van der Waals surface area contributed by atoms with Crippen LogP contribution in [0.1, 0.15) is 0 Å². The van der Waals surface area contributed by atoms with Crippen molar-refractivity contribution in [2.45, 2.75) is 0 Å². The average molecular weight is 1100 g/mol. The van der Waals surface area contributed by atoms with Crippen molar-refractivity contribution in [3.8, 4) is 67.0 Å². The standard InChI is InChI=1S/C78H48N6S/c1-3-25-49(26-4-1)61-47-51(48-62(79-61)50-27-5-2-6-28-50)72-74(81-63-38-16-7-29-52(63)53-30-8-17-39-64(53)81)73(78-80-60-37-15-24-46-71(60)85-78)76(83-67-42-20-11-33-56(67)57-34-12-21-43-68(57)83)77(84-69-44-22-13-35-58(69)59-36-14-23-45-70(59)84)75(72)82-65-40-18-9-31-54(65)55-32-10-19-41-66(55)82/h1-48H. The highest BCUT2D eigenvalue weighted by Crippen LogP contribution is 2.56. The van der Waals surface area contributed by atoms with Crippen molar-refractivity contribution in [1.29, 1.82) is 0 Å². The third-order valence-corrected chi connectivity index (χ3v) is 18.4. The zero-order valence-corrected chi connectivity index (χ0v) is 46.6. The lowest BCUT2D eigenvalue weighted by Crippen LogP contribution is -2.16. The lowest BCUT2D eigenvalue weighted by atomic mass is 9.91. The molecule has 396 valence electrons. The van der Waals surface area contributed by atoms with Crippen LogP contribution in [0, 0.1) is 0 Å². The highest BCUT2D eigenvalue weighted by molar-refractivity contribution is 7.21. The van der Waals surface area contributed by atoms with Crippen LogP contribution in [0.2, 0.25) is 0 Å². The van der Waals surface area contributed by atoms with Gasteiger partial charge in [-0.1, -0.05) is 218 Å². The van der Waals surface area contributed by atoms with E-state index in [4.69, 9.17) is 9.97 Å². The molecule has 0 saturated heterocycles. The van der Waals surface area contributed by atoms with Crippen molar-refractivity contribution in [2.24, 2.45) is 0 Å². The molecule has 7 heteroatoms. The van der Waals surface area contributed by atoms with Gasteiger partial charge in [0.2, 0.25) is 0 Å². The van der Waals surface area contributed by atoms with Gasteiger partial charge < -0.3 is 18.3 Å². The molecule has 85 heavy (non-hydrogen) atoms. The molecule has 6 aromatic heterocycles. The summed E-state index contributed by atoms with van der Waals surface area (Å²) >= 11 is 1.75. The van der Waals surface area contributed by atoms with Gasteiger partial charge in [-0.3, -0.25) is 0 Å². The summed E-state index contributed by atoms with van der Waals surface area (Å²) in [6.07, 6.45) is 0. The van der Waals surface area contributed by atoms with Crippen molar-refractivity contribution < 1.29 is 0 Å². The van der Waals surface area contributed by atoms with E-state index in [-0.39, 0.29) is 0 Å². The number of aromatic nitrogens is 6. The molecule has 18 aromatic rings. The number of rotatable bonds is 8. The third kappa shape index (κ3) is 7.05. The second-order valence-corrected chi connectivity index (χ2v) is 23.0. The first-order chi connectivity index (χ1) is 42.2. The molecule has 0 N–H and O–H groups in total. The number of pyridine rings is 1. The first-order valence-electron chi connectivity index (χ1n) is 28.9. The van der Waals surface area contributed by atoms with E-state index in [1.54, 1.807) is 11.3 Å². The quantitative estimate of drug-likeness (QED) is 0.152. The molecule has 6 nitrogen and oxygen atoms in total. The summed E-state index contributed by atoms with van der Waals surface area (Å²) in [4.78, 5) is 11.6. The number of para-hydroxylation sites is 9. The first-order valence-corrected chi connectivity index (χ1v) is 29.7. The number of nitrogens with zero attached hydrogens (tertiary/aromatic N) is 6. The van der Waals surface area contributed by atoms with Crippen LogP contribution in [-0.4, -0.2) is 28.2 Å². The Balaban J connectivity index is 1.22. The van der Waals surface area contributed by atoms with Gasteiger partial charge in [-0.25, -0.2) is 9.97 Å². The summed E-state index contributed by atoms with van der Waals surface area (Å²) in [6, 6.07) is 106. The maximum absolute atomic E-state index is 5.91. The van der Waals surface area contributed by atoms with Gasteiger partial charge in [0.05, 0.1) is 94.1 Å². The van der Waals surface area contributed by atoms with Crippen molar-refractivity contribution in [3.05, 3.63) is 291 Å². The fourth-order valence-electron chi connectivity index (χ4n) is 13.9. The van der Waals surface area contributed by atoms with Gasteiger partial charge in [0.25, 0.3) is 0 Å². The third-order valence-electron chi connectivity index (χ3n) is 17.4. The van der Waals surface area contributed by atoms with Crippen molar-refractivity contribution in [3.63, 3.8) is 0 Å². The van der Waals surface area contributed by atoms with Gasteiger partial charge in [-0.15, -0.1) is 11.3 Å². The molecule has 0 atom stereocenters. The molecule has 0 spiro atoms. The minimum Gasteiger partial charge on any atom is -0.308 e. The Labute approximate surface area is 492 Å². The summed E-state index contributed by atoms with van der Waals surface area (Å²) in [5, 5.41) is 10.2. The molecule has 12 aromatic carbocycles. The fourth-order valence-corrected chi connectivity index (χ4v) is 14.9. The Kier molecular flexibility index (Phi) is 10.5. The largest absolute Gasteiger partial charge is 0.308 e. The van der Waals surface area contributed by atoms with Gasteiger partial charge >= 0.3 is 0 Å². The molecular formula is C78H48N6S. The zero-order valence-electron chi connectivity index (χ0n) is 45.8. The number of benzene rings is 12. The Morgan fingerprint density at radius 1 is 0.235 bits per heavy atom. The molecule has 0 fully saturated rings. The lowest BCUT2D eigenvalue weighted by molar-refractivity contribution is 1.04. The van der Waals surface area contributed by atoms with Crippen LogP contribution in [0.4, 0.5) is 0 Å². The molecule has 18 rings (SSSR count). The minimum atomic E-state index is 0.865. The fraction of sp³-hybridized carbons (Fsp3) is 0. The summed E-state index contributed by atoms with van der Waals surface area (Å²) in [5.41, 5.74) is 20.4. The number of hydrogen-bond donors (Lipinski definition) is 0. The van der Waals surface area contributed by atoms with Crippen LogP contribution in [0.3, 0.4) is 0 Å². The second kappa shape index (κ2) is 18.7. The summed E-state index contributed by atoms with van der Waals surface area (Å²) in [7, 11) is 0. The summed E-state index contributed by atoms with van der Waals surface area (Å²) < 4.78 is 11.5. The Hall–Kier alpha value is -11.1. The molecular weight excluding hydrogens is 1050 g/mol. The van der Waals surface area contributed by atoms with Crippen LogP contribution >= 0.6 is 11.3 Å². The smallest absolute Gasteiger partial charge is 0.128 e. The van der Waals surface area contributed by atoms with E-state index >= 15 is 0 Å². The Bertz CT molecular complexity index is 5430. The maximum Gasteiger partial charge on any atom is 0.128 e. The van der Waals surface area contributed by atoms with Crippen molar-refractivity contribution in [2.75, 3.05) is 0 Å². The van der Waals surface area contributed by atoms with Crippen molar-refractivity contribution in [1.82, 2.24) is 28.2 Å². The van der Waals surface area contributed by atoms with Gasteiger partial charge in [0, 0.05) is 59.8 Å². The lowest BCUT2D eigenvalue weighted by Gasteiger charge is -2.31. The Morgan fingerprint density at radius 3 is 0.894 bits per heavy atom. The molecule has 0 bridgehead atoms. The van der Waals surface area contributed by atoms with Gasteiger partial charge in [-0.2, -0.15) is 0 Å². The minimum absolute atomic E-state index is 0.865. The van der Waals surface area contributed by atoms with Gasteiger partial charge in [0.1, 0.15) is 5.01 Å². The van der Waals surface area contributed by atoms with E-state index in [9.17, 15) is 0 Å². The van der Waals surface area contributed by atoms with E-state index < -0.39 is 0 Å². The predicted octanol–water partition coefficient (Wildman–Crippen LogP) is 20.7.